The molecule has 0 aliphatic carbocycles. The number of hydrogen-bond acceptors (Lipinski definition) is 4. The first-order valence-corrected chi connectivity index (χ1v) is 6.88. The van der Waals surface area contributed by atoms with Crippen LogP contribution in [0.4, 0.5) is 4.39 Å². The van der Waals surface area contributed by atoms with Gasteiger partial charge in [0.15, 0.2) is 0 Å². The predicted octanol–water partition coefficient (Wildman–Crippen LogP) is 2.46. The summed E-state index contributed by atoms with van der Waals surface area (Å²) in [7, 11) is 1.74. The molecular weight excluding hydrogens is 253 g/mol. The number of ether oxygens (including phenoxy) is 1. The fourth-order valence-corrected chi connectivity index (χ4v) is 2.37. The van der Waals surface area contributed by atoms with Crippen molar-refractivity contribution in [3.05, 3.63) is 30.1 Å². The van der Waals surface area contributed by atoms with Gasteiger partial charge in [-0.1, -0.05) is 0 Å². The highest BCUT2D eigenvalue weighted by molar-refractivity contribution is 7.99. The first-order valence-electron chi connectivity index (χ1n) is 5.89. The van der Waals surface area contributed by atoms with Crippen LogP contribution in [0.25, 0.3) is 0 Å². The molecule has 0 amide bonds. The average molecular weight is 271 g/mol. The molecule has 1 N–H and O–H groups in total. The second-order valence-electron chi connectivity index (χ2n) is 3.68. The van der Waals surface area contributed by atoms with E-state index in [2.05, 4.69) is 5.32 Å². The predicted molar refractivity (Wildman–Crippen MR) is 71.2 cm³/mol. The average Bonchev–Trinajstić information content (AvgIpc) is 2.37. The number of nitrogens with one attached hydrogen (secondary N) is 1. The second kappa shape index (κ2) is 8.11. The third-order valence-electron chi connectivity index (χ3n) is 2.41. The molecule has 100 valence electrons. The lowest BCUT2D eigenvalue weighted by Gasteiger charge is -2.14. The molecule has 0 radical (unpaired) electrons. The molecule has 3 nitrogen and oxygen atoms in total. The Hall–Kier alpha value is -1.07. The van der Waals surface area contributed by atoms with Gasteiger partial charge in [-0.3, -0.25) is 4.79 Å². The topological polar surface area (TPSA) is 38.3 Å². The van der Waals surface area contributed by atoms with Crippen LogP contribution in [0, 0.1) is 5.82 Å². The summed E-state index contributed by atoms with van der Waals surface area (Å²) in [5.41, 5.74) is 0. The van der Waals surface area contributed by atoms with Crippen molar-refractivity contribution >= 4 is 17.7 Å². The molecule has 0 heterocycles. The monoisotopic (exact) mass is 271 g/mol. The van der Waals surface area contributed by atoms with Gasteiger partial charge in [0.2, 0.25) is 0 Å². The van der Waals surface area contributed by atoms with Crippen LogP contribution in [0.15, 0.2) is 29.2 Å². The fourth-order valence-electron chi connectivity index (χ4n) is 1.45. The van der Waals surface area contributed by atoms with Crippen LogP contribution in [0.5, 0.6) is 0 Å². The molecule has 0 aliphatic heterocycles. The zero-order chi connectivity index (χ0) is 13.4. The molecule has 0 saturated heterocycles. The van der Waals surface area contributed by atoms with Gasteiger partial charge in [0.25, 0.3) is 0 Å². The minimum atomic E-state index is -0.280. The van der Waals surface area contributed by atoms with E-state index in [9.17, 15) is 9.18 Å². The van der Waals surface area contributed by atoms with Crippen LogP contribution in [-0.4, -0.2) is 31.4 Å². The van der Waals surface area contributed by atoms with Crippen molar-refractivity contribution in [2.75, 3.05) is 19.4 Å². The van der Waals surface area contributed by atoms with E-state index in [-0.39, 0.29) is 17.8 Å². The Kier molecular flexibility index (Phi) is 6.75. The summed E-state index contributed by atoms with van der Waals surface area (Å²) in [4.78, 5) is 12.5. The van der Waals surface area contributed by atoms with Crippen molar-refractivity contribution in [3.63, 3.8) is 0 Å². The first-order chi connectivity index (χ1) is 8.67. The maximum Gasteiger partial charge on any atom is 0.323 e. The van der Waals surface area contributed by atoms with Crippen LogP contribution < -0.4 is 5.32 Å². The lowest BCUT2D eigenvalue weighted by molar-refractivity contribution is -0.145. The van der Waals surface area contributed by atoms with Crippen LogP contribution in [-0.2, 0) is 9.53 Å². The number of rotatable bonds is 7. The smallest absolute Gasteiger partial charge is 0.323 e. The van der Waals surface area contributed by atoms with Crippen molar-refractivity contribution < 1.29 is 13.9 Å². The lowest BCUT2D eigenvalue weighted by atomic mass is 10.2. The van der Waals surface area contributed by atoms with Crippen molar-refractivity contribution in [2.45, 2.75) is 24.3 Å². The quantitative estimate of drug-likeness (QED) is 0.611. The molecular formula is C13H18FNO2S. The zero-order valence-corrected chi connectivity index (χ0v) is 11.4. The van der Waals surface area contributed by atoms with E-state index in [4.69, 9.17) is 4.74 Å². The molecule has 0 aliphatic rings. The SMILES string of the molecule is CCOC(=O)C(CCSc1ccc(F)cc1)NC. The van der Waals surface area contributed by atoms with Crippen molar-refractivity contribution in [2.24, 2.45) is 0 Å². The summed E-state index contributed by atoms with van der Waals surface area (Å²) in [6.45, 7) is 2.18. The summed E-state index contributed by atoms with van der Waals surface area (Å²) >= 11 is 1.59. The van der Waals surface area contributed by atoms with E-state index in [1.54, 1.807) is 37.9 Å². The number of esters is 1. The molecule has 5 heteroatoms. The Morgan fingerprint density at radius 2 is 2.11 bits per heavy atom. The van der Waals surface area contributed by atoms with Gasteiger partial charge in [-0.15, -0.1) is 11.8 Å². The highest BCUT2D eigenvalue weighted by atomic mass is 32.2. The summed E-state index contributed by atoms with van der Waals surface area (Å²) in [5, 5.41) is 2.93. The van der Waals surface area contributed by atoms with Gasteiger partial charge in [0.05, 0.1) is 6.61 Å². The number of likely N-dealkylation sites (N-methyl/N-ethyl adjacent to an activating group) is 1. The molecule has 0 saturated carbocycles. The molecule has 1 unspecified atom stereocenters. The number of carbonyl (C=O) groups is 1. The number of halogens is 1. The minimum Gasteiger partial charge on any atom is -0.465 e. The van der Waals surface area contributed by atoms with E-state index >= 15 is 0 Å². The third-order valence-corrected chi connectivity index (χ3v) is 3.45. The van der Waals surface area contributed by atoms with Crippen molar-refractivity contribution in [3.8, 4) is 0 Å². The molecule has 1 atom stereocenters. The van der Waals surface area contributed by atoms with E-state index in [1.165, 1.54) is 12.1 Å². The van der Waals surface area contributed by atoms with Gasteiger partial charge in [-0.25, -0.2) is 4.39 Å². The number of carbonyl (C=O) groups excluding carboxylic acids is 1. The summed E-state index contributed by atoms with van der Waals surface area (Å²) in [5.74, 6) is 0.314. The molecule has 0 aromatic heterocycles. The molecule has 0 spiro atoms. The molecule has 1 aromatic rings. The third kappa shape index (κ3) is 5.06. The Bertz CT molecular complexity index is 370. The van der Waals surface area contributed by atoms with Gasteiger partial charge < -0.3 is 10.1 Å². The normalized spacial score (nSPS) is 12.2. The van der Waals surface area contributed by atoms with Gasteiger partial charge >= 0.3 is 5.97 Å². The van der Waals surface area contributed by atoms with E-state index in [0.717, 1.165) is 10.6 Å². The Morgan fingerprint density at radius 3 is 2.67 bits per heavy atom. The lowest BCUT2D eigenvalue weighted by Crippen LogP contribution is -2.36. The van der Waals surface area contributed by atoms with Crippen LogP contribution in [0.3, 0.4) is 0 Å². The van der Waals surface area contributed by atoms with Crippen LogP contribution in [0.2, 0.25) is 0 Å². The molecule has 18 heavy (non-hydrogen) atoms. The van der Waals surface area contributed by atoms with Crippen molar-refractivity contribution in [1.82, 2.24) is 5.32 Å². The Balaban J connectivity index is 2.35. The maximum absolute atomic E-state index is 12.7. The van der Waals surface area contributed by atoms with E-state index in [0.29, 0.717) is 13.0 Å². The highest BCUT2D eigenvalue weighted by Crippen LogP contribution is 2.19. The minimum absolute atomic E-state index is 0.222. The molecule has 1 rings (SSSR count). The van der Waals surface area contributed by atoms with Crippen LogP contribution >= 0.6 is 11.8 Å². The van der Waals surface area contributed by atoms with E-state index < -0.39 is 0 Å². The zero-order valence-electron chi connectivity index (χ0n) is 10.6. The standard InChI is InChI=1S/C13H18FNO2S/c1-3-17-13(16)12(15-2)8-9-18-11-6-4-10(14)5-7-11/h4-7,12,15H,3,8-9H2,1-2H3. The molecule has 1 aromatic carbocycles. The maximum atomic E-state index is 12.7. The fraction of sp³-hybridized carbons (Fsp3) is 0.462. The van der Waals surface area contributed by atoms with E-state index in [1.807, 2.05) is 0 Å². The number of thioether (sulfide) groups is 1. The molecule has 0 bridgehead atoms. The van der Waals surface area contributed by atoms with Gasteiger partial charge in [-0.05, 0) is 44.7 Å². The van der Waals surface area contributed by atoms with Gasteiger partial charge in [0, 0.05) is 10.6 Å². The molecule has 0 fully saturated rings. The Labute approximate surface area is 111 Å². The second-order valence-corrected chi connectivity index (χ2v) is 4.85. The number of benzene rings is 1. The first kappa shape index (κ1) is 15.0. The van der Waals surface area contributed by atoms with Crippen molar-refractivity contribution in [1.29, 1.82) is 0 Å². The summed E-state index contributed by atoms with van der Waals surface area (Å²) in [6, 6.07) is 6.06. The van der Waals surface area contributed by atoms with Crippen LogP contribution in [0.1, 0.15) is 13.3 Å². The number of hydrogen-bond donors (Lipinski definition) is 1. The Morgan fingerprint density at radius 1 is 1.44 bits per heavy atom. The summed E-state index contributed by atoms with van der Waals surface area (Å²) < 4.78 is 17.7. The van der Waals surface area contributed by atoms with Gasteiger partial charge in [-0.2, -0.15) is 0 Å². The van der Waals surface area contributed by atoms with Gasteiger partial charge in [0.1, 0.15) is 11.9 Å². The largest absolute Gasteiger partial charge is 0.465 e. The summed E-state index contributed by atoms with van der Waals surface area (Å²) in [6.07, 6.45) is 0.678. The highest BCUT2D eigenvalue weighted by Gasteiger charge is 2.16.